The summed E-state index contributed by atoms with van der Waals surface area (Å²) in [5.74, 6) is -0.819. The average molecular weight is 259 g/mol. The lowest BCUT2D eigenvalue weighted by Crippen LogP contribution is -2.44. The van der Waals surface area contributed by atoms with Gasteiger partial charge in [0, 0.05) is 12.6 Å². The molecule has 2 N–H and O–H groups in total. The fourth-order valence-corrected chi connectivity index (χ4v) is 3.55. The molecule has 1 aliphatic carbocycles. The van der Waals surface area contributed by atoms with Crippen molar-refractivity contribution in [2.45, 2.75) is 44.6 Å². The summed E-state index contributed by atoms with van der Waals surface area (Å²) in [4.78, 5) is 11.4. The molecule has 19 heavy (non-hydrogen) atoms. The van der Waals surface area contributed by atoms with Gasteiger partial charge in [0.2, 0.25) is 0 Å². The van der Waals surface area contributed by atoms with Crippen LogP contribution in [0.1, 0.15) is 42.4 Å². The highest BCUT2D eigenvalue weighted by Gasteiger charge is 2.34. The molecule has 1 aliphatic heterocycles. The maximum atomic E-state index is 11.4. The third-order valence-electron chi connectivity index (χ3n) is 4.65. The Bertz CT molecular complexity index is 498. The predicted molar refractivity (Wildman–Crippen MR) is 74.4 cm³/mol. The number of hydrogen-bond donors (Lipinski definition) is 2. The first-order valence-electron chi connectivity index (χ1n) is 7.23. The van der Waals surface area contributed by atoms with Gasteiger partial charge in [0.05, 0.1) is 5.92 Å². The minimum absolute atomic E-state index is 0.152. The summed E-state index contributed by atoms with van der Waals surface area (Å²) in [6, 6.07) is 7.03. The Morgan fingerprint density at radius 1 is 1.32 bits per heavy atom. The molecule has 1 aromatic carbocycles. The molecular weight excluding hydrogens is 238 g/mol. The van der Waals surface area contributed by atoms with Gasteiger partial charge in [-0.3, -0.25) is 4.79 Å². The summed E-state index contributed by atoms with van der Waals surface area (Å²) < 4.78 is 0. The van der Waals surface area contributed by atoms with Crippen LogP contribution in [0.4, 0.5) is 0 Å². The van der Waals surface area contributed by atoms with E-state index in [0.717, 1.165) is 12.8 Å². The van der Waals surface area contributed by atoms with Crippen LogP contribution in [-0.2, 0) is 17.6 Å². The highest BCUT2D eigenvalue weighted by atomic mass is 16.4. The number of aliphatic carboxylic acids is 1. The van der Waals surface area contributed by atoms with Gasteiger partial charge in [-0.25, -0.2) is 0 Å². The highest BCUT2D eigenvalue weighted by molar-refractivity contribution is 5.72. The van der Waals surface area contributed by atoms with Crippen molar-refractivity contribution in [1.82, 2.24) is 5.32 Å². The molecule has 0 saturated carbocycles. The SMILES string of the molecule is CC1CC(c2ccc3c(c2)CCC3)C(C(=O)O)CN1. The van der Waals surface area contributed by atoms with Gasteiger partial charge in [0.25, 0.3) is 0 Å². The Hall–Kier alpha value is -1.35. The van der Waals surface area contributed by atoms with E-state index in [2.05, 4.69) is 30.4 Å². The monoisotopic (exact) mass is 259 g/mol. The van der Waals surface area contributed by atoms with Gasteiger partial charge in [-0.2, -0.15) is 0 Å². The number of nitrogens with one attached hydrogen (secondary N) is 1. The normalized spacial score (nSPS) is 30.1. The molecule has 3 rings (SSSR count). The molecule has 102 valence electrons. The molecule has 0 aromatic heterocycles. The lowest BCUT2D eigenvalue weighted by atomic mass is 9.78. The van der Waals surface area contributed by atoms with Crippen LogP contribution >= 0.6 is 0 Å². The summed E-state index contributed by atoms with van der Waals surface area (Å²) in [6.07, 6.45) is 4.49. The van der Waals surface area contributed by atoms with Crippen LogP contribution in [0.3, 0.4) is 0 Å². The molecule has 3 nitrogen and oxygen atoms in total. The highest BCUT2D eigenvalue weighted by Crippen LogP contribution is 2.35. The summed E-state index contributed by atoms with van der Waals surface area (Å²) in [5, 5.41) is 12.7. The summed E-state index contributed by atoms with van der Waals surface area (Å²) in [7, 11) is 0. The van der Waals surface area contributed by atoms with Gasteiger partial charge < -0.3 is 10.4 Å². The van der Waals surface area contributed by atoms with E-state index in [0.29, 0.717) is 12.6 Å². The van der Waals surface area contributed by atoms with Gasteiger partial charge in [0.15, 0.2) is 0 Å². The number of aryl methyl sites for hydroxylation is 2. The quantitative estimate of drug-likeness (QED) is 0.857. The van der Waals surface area contributed by atoms with Crippen molar-refractivity contribution >= 4 is 5.97 Å². The molecule has 3 unspecified atom stereocenters. The second-order valence-corrected chi connectivity index (χ2v) is 5.98. The van der Waals surface area contributed by atoms with E-state index in [1.54, 1.807) is 0 Å². The molecule has 1 fully saturated rings. The second kappa shape index (κ2) is 4.97. The molecule has 0 amide bonds. The van der Waals surface area contributed by atoms with Gasteiger partial charge in [-0.15, -0.1) is 0 Å². The van der Waals surface area contributed by atoms with Crippen molar-refractivity contribution in [3.8, 4) is 0 Å². The van der Waals surface area contributed by atoms with Crippen molar-refractivity contribution in [2.24, 2.45) is 5.92 Å². The third-order valence-corrected chi connectivity index (χ3v) is 4.65. The van der Waals surface area contributed by atoms with Crippen LogP contribution < -0.4 is 5.32 Å². The van der Waals surface area contributed by atoms with E-state index in [1.807, 2.05) is 0 Å². The van der Waals surface area contributed by atoms with Crippen molar-refractivity contribution in [1.29, 1.82) is 0 Å². The summed E-state index contributed by atoms with van der Waals surface area (Å²) >= 11 is 0. The van der Waals surface area contributed by atoms with E-state index in [-0.39, 0.29) is 11.8 Å². The number of carboxylic acid groups (broad SMARTS) is 1. The molecule has 3 heteroatoms. The smallest absolute Gasteiger partial charge is 0.308 e. The van der Waals surface area contributed by atoms with Gasteiger partial charge >= 0.3 is 5.97 Å². The fourth-order valence-electron chi connectivity index (χ4n) is 3.55. The molecule has 1 aromatic rings. The van der Waals surface area contributed by atoms with Gasteiger partial charge in [-0.05, 0) is 55.2 Å². The first-order chi connectivity index (χ1) is 9.15. The largest absolute Gasteiger partial charge is 0.481 e. The number of piperidine rings is 1. The minimum atomic E-state index is -0.676. The second-order valence-electron chi connectivity index (χ2n) is 5.98. The van der Waals surface area contributed by atoms with E-state index in [1.165, 1.54) is 29.5 Å². The zero-order valence-corrected chi connectivity index (χ0v) is 11.4. The Labute approximate surface area is 114 Å². The lowest BCUT2D eigenvalue weighted by molar-refractivity contribution is -0.143. The van der Waals surface area contributed by atoms with E-state index in [9.17, 15) is 9.90 Å². The average Bonchev–Trinajstić information content (AvgIpc) is 2.85. The van der Waals surface area contributed by atoms with Crippen LogP contribution in [0, 0.1) is 5.92 Å². The number of benzene rings is 1. The van der Waals surface area contributed by atoms with Crippen molar-refractivity contribution in [3.05, 3.63) is 34.9 Å². The Morgan fingerprint density at radius 3 is 2.89 bits per heavy atom. The zero-order chi connectivity index (χ0) is 13.4. The first-order valence-corrected chi connectivity index (χ1v) is 7.23. The number of rotatable bonds is 2. The van der Waals surface area contributed by atoms with E-state index >= 15 is 0 Å². The number of fused-ring (bicyclic) bond motifs is 1. The van der Waals surface area contributed by atoms with Crippen molar-refractivity contribution in [3.63, 3.8) is 0 Å². The number of carbonyl (C=O) groups is 1. The maximum Gasteiger partial charge on any atom is 0.308 e. The molecular formula is C16H21NO2. The molecule has 1 saturated heterocycles. The third kappa shape index (κ3) is 2.39. The van der Waals surface area contributed by atoms with Crippen LogP contribution in [0.2, 0.25) is 0 Å². The first kappa shape index (κ1) is 12.7. The molecule has 0 bridgehead atoms. The Morgan fingerprint density at radius 2 is 2.11 bits per heavy atom. The molecule has 2 aliphatic rings. The van der Waals surface area contributed by atoms with Crippen molar-refractivity contribution < 1.29 is 9.90 Å². The minimum Gasteiger partial charge on any atom is -0.481 e. The Kier molecular flexibility index (Phi) is 3.31. The van der Waals surface area contributed by atoms with Crippen LogP contribution in [0.15, 0.2) is 18.2 Å². The lowest BCUT2D eigenvalue weighted by Gasteiger charge is -2.34. The fraction of sp³-hybridized carbons (Fsp3) is 0.562. The summed E-state index contributed by atoms with van der Waals surface area (Å²) in [6.45, 7) is 2.72. The predicted octanol–water partition coefficient (Wildman–Crippen LogP) is 2.34. The molecule has 0 radical (unpaired) electrons. The van der Waals surface area contributed by atoms with Gasteiger partial charge in [-0.1, -0.05) is 18.2 Å². The Balaban J connectivity index is 1.91. The van der Waals surface area contributed by atoms with Crippen molar-refractivity contribution in [2.75, 3.05) is 6.54 Å². The molecule has 1 heterocycles. The topological polar surface area (TPSA) is 49.3 Å². The van der Waals surface area contributed by atoms with Crippen LogP contribution in [-0.4, -0.2) is 23.7 Å². The standard InChI is InChI=1S/C16H21NO2/c1-10-7-14(15(9-17-10)16(18)19)13-6-5-11-3-2-4-12(11)8-13/h5-6,8,10,14-15,17H,2-4,7,9H2,1H3,(H,18,19). The van der Waals surface area contributed by atoms with Gasteiger partial charge in [0.1, 0.15) is 0 Å². The summed E-state index contributed by atoms with van der Waals surface area (Å²) in [5.41, 5.74) is 4.12. The molecule has 0 spiro atoms. The van der Waals surface area contributed by atoms with E-state index in [4.69, 9.17) is 0 Å². The zero-order valence-electron chi connectivity index (χ0n) is 11.4. The van der Waals surface area contributed by atoms with Crippen LogP contribution in [0.25, 0.3) is 0 Å². The van der Waals surface area contributed by atoms with Crippen LogP contribution in [0.5, 0.6) is 0 Å². The maximum absolute atomic E-state index is 11.4. The number of hydrogen-bond acceptors (Lipinski definition) is 2. The number of carboxylic acids is 1. The van der Waals surface area contributed by atoms with E-state index < -0.39 is 5.97 Å². The molecule has 3 atom stereocenters.